The van der Waals surface area contributed by atoms with Crippen LogP contribution in [0, 0.1) is 5.41 Å². The SMILES string of the molecule is FC(F)COCC1(CS)CCCCC1. The molecule has 0 amide bonds. The molecule has 0 aromatic carbocycles. The van der Waals surface area contributed by atoms with Crippen molar-refractivity contribution in [2.24, 2.45) is 5.41 Å². The van der Waals surface area contributed by atoms with Crippen LogP contribution in [0.4, 0.5) is 8.78 Å². The van der Waals surface area contributed by atoms with Gasteiger partial charge in [-0.1, -0.05) is 19.3 Å². The Kier molecular flexibility index (Phi) is 5.17. The maximum atomic E-state index is 11.9. The molecule has 0 unspecified atom stereocenters. The molecule has 4 heteroatoms. The minimum absolute atomic E-state index is 0.0657. The quantitative estimate of drug-likeness (QED) is 0.706. The Morgan fingerprint density at radius 2 is 1.86 bits per heavy atom. The maximum Gasteiger partial charge on any atom is 0.261 e. The van der Waals surface area contributed by atoms with E-state index in [9.17, 15) is 8.78 Å². The fourth-order valence-corrected chi connectivity index (χ4v) is 2.42. The number of hydrogen-bond donors (Lipinski definition) is 1. The fraction of sp³-hybridized carbons (Fsp3) is 1.00. The van der Waals surface area contributed by atoms with Gasteiger partial charge in [0.2, 0.25) is 0 Å². The molecular formula is C10H18F2OS. The summed E-state index contributed by atoms with van der Waals surface area (Å²) < 4.78 is 28.8. The smallest absolute Gasteiger partial charge is 0.261 e. The summed E-state index contributed by atoms with van der Waals surface area (Å²) in [4.78, 5) is 0. The third kappa shape index (κ3) is 3.73. The molecule has 0 heterocycles. The molecule has 0 N–H and O–H groups in total. The van der Waals surface area contributed by atoms with Crippen molar-refractivity contribution in [3.8, 4) is 0 Å². The third-order valence-corrected chi connectivity index (χ3v) is 3.57. The Hall–Kier alpha value is 0.170. The molecule has 1 fully saturated rings. The molecule has 14 heavy (non-hydrogen) atoms. The van der Waals surface area contributed by atoms with Crippen molar-refractivity contribution in [3.05, 3.63) is 0 Å². The van der Waals surface area contributed by atoms with Crippen molar-refractivity contribution < 1.29 is 13.5 Å². The highest BCUT2D eigenvalue weighted by Crippen LogP contribution is 2.37. The number of hydrogen-bond acceptors (Lipinski definition) is 2. The van der Waals surface area contributed by atoms with E-state index in [4.69, 9.17) is 4.74 Å². The predicted molar refractivity (Wildman–Crippen MR) is 56.2 cm³/mol. The summed E-state index contributed by atoms with van der Waals surface area (Å²) in [5.41, 5.74) is 0.0657. The van der Waals surface area contributed by atoms with Crippen LogP contribution in [0.2, 0.25) is 0 Å². The summed E-state index contributed by atoms with van der Waals surface area (Å²) in [5.74, 6) is 0.746. The second-order valence-electron chi connectivity index (χ2n) is 4.12. The van der Waals surface area contributed by atoms with Gasteiger partial charge in [0.15, 0.2) is 0 Å². The van der Waals surface area contributed by atoms with Crippen LogP contribution >= 0.6 is 12.6 Å². The maximum absolute atomic E-state index is 11.9. The predicted octanol–water partition coefficient (Wildman–Crippen LogP) is 3.15. The zero-order valence-electron chi connectivity index (χ0n) is 8.35. The molecule has 84 valence electrons. The highest BCUT2D eigenvalue weighted by atomic mass is 32.1. The lowest BCUT2D eigenvalue weighted by atomic mass is 9.76. The van der Waals surface area contributed by atoms with Gasteiger partial charge in [0.1, 0.15) is 6.61 Å². The van der Waals surface area contributed by atoms with E-state index < -0.39 is 13.0 Å². The van der Waals surface area contributed by atoms with Gasteiger partial charge in [0.25, 0.3) is 6.43 Å². The topological polar surface area (TPSA) is 9.23 Å². The third-order valence-electron chi connectivity index (χ3n) is 2.90. The van der Waals surface area contributed by atoms with Gasteiger partial charge in [-0.15, -0.1) is 0 Å². The van der Waals surface area contributed by atoms with Crippen molar-refractivity contribution in [3.63, 3.8) is 0 Å². The standard InChI is InChI=1S/C10H18F2OS/c11-9(12)6-13-7-10(8-14)4-2-1-3-5-10/h9,14H,1-8H2. The summed E-state index contributed by atoms with van der Waals surface area (Å²) in [6, 6.07) is 0. The van der Waals surface area contributed by atoms with Gasteiger partial charge < -0.3 is 4.74 Å². The van der Waals surface area contributed by atoms with Crippen LogP contribution in [-0.4, -0.2) is 25.4 Å². The van der Waals surface area contributed by atoms with E-state index in [0.717, 1.165) is 18.6 Å². The highest BCUT2D eigenvalue weighted by Gasteiger charge is 2.31. The molecule has 0 aliphatic heterocycles. The van der Waals surface area contributed by atoms with Crippen molar-refractivity contribution in [1.82, 2.24) is 0 Å². The van der Waals surface area contributed by atoms with Gasteiger partial charge in [0, 0.05) is 5.41 Å². The lowest BCUT2D eigenvalue weighted by Gasteiger charge is -2.35. The lowest BCUT2D eigenvalue weighted by Crippen LogP contribution is -2.32. The molecular weight excluding hydrogens is 206 g/mol. The Balaban J connectivity index is 2.29. The van der Waals surface area contributed by atoms with Crippen molar-refractivity contribution in [1.29, 1.82) is 0 Å². The molecule has 1 rings (SSSR count). The van der Waals surface area contributed by atoms with Gasteiger partial charge in [-0.05, 0) is 18.6 Å². The Morgan fingerprint density at radius 1 is 1.21 bits per heavy atom. The average molecular weight is 224 g/mol. The van der Waals surface area contributed by atoms with E-state index in [1.165, 1.54) is 19.3 Å². The largest absolute Gasteiger partial charge is 0.375 e. The first kappa shape index (κ1) is 12.2. The van der Waals surface area contributed by atoms with Gasteiger partial charge in [-0.25, -0.2) is 8.78 Å². The molecule has 1 saturated carbocycles. The Labute approximate surface area is 89.6 Å². The zero-order chi connectivity index (χ0) is 10.4. The number of halogens is 2. The molecule has 0 radical (unpaired) electrons. The summed E-state index contributed by atoms with van der Waals surface area (Å²) in [5, 5.41) is 0. The minimum atomic E-state index is -2.35. The van der Waals surface area contributed by atoms with Crippen LogP contribution in [0.25, 0.3) is 0 Å². The Bertz CT molecular complexity index is 158. The number of rotatable bonds is 5. The molecule has 1 nitrogen and oxygen atoms in total. The van der Waals surface area contributed by atoms with Gasteiger partial charge >= 0.3 is 0 Å². The second kappa shape index (κ2) is 5.91. The molecule has 0 saturated heterocycles. The lowest BCUT2D eigenvalue weighted by molar-refractivity contribution is -0.0246. The van der Waals surface area contributed by atoms with Crippen LogP contribution in [0.3, 0.4) is 0 Å². The summed E-state index contributed by atoms with van der Waals surface area (Å²) >= 11 is 4.31. The van der Waals surface area contributed by atoms with Crippen LogP contribution in [0.15, 0.2) is 0 Å². The van der Waals surface area contributed by atoms with Crippen LogP contribution in [0.5, 0.6) is 0 Å². The number of alkyl halides is 2. The molecule has 1 aliphatic carbocycles. The van der Waals surface area contributed by atoms with Crippen molar-refractivity contribution >= 4 is 12.6 Å². The summed E-state index contributed by atoms with van der Waals surface area (Å²) in [6.07, 6.45) is 3.40. The fourth-order valence-electron chi connectivity index (χ4n) is 2.01. The van der Waals surface area contributed by atoms with Gasteiger partial charge in [-0.3, -0.25) is 0 Å². The van der Waals surface area contributed by atoms with Crippen LogP contribution < -0.4 is 0 Å². The van der Waals surface area contributed by atoms with E-state index in [1.54, 1.807) is 0 Å². The van der Waals surface area contributed by atoms with E-state index >= 15 is 0 Å². The van der Waals surface area contributed by atoms with Crippen molar-refractivity contribution in [2.45, 2.75) is 38.5 Å². The zero-order valence-corrected chi connectivity index (χ0v) is 9.24. The van der Waals surface area contributed by atoms with Crippen LogP contribution in [-0.2, 0) is 4.74 Å². The first-order valence-corrected chi connectivity index (χ1v) is 5.78. The monoisotopic (exact) mass is 224 g/mol. The normalized spacial score (nSPS) is 21.4. The molecule has 0 aromatic heterocycles. The molecule has 0 spiro atoms. The average Bonchev–Trinajstić information content (AvgIpc) is 2.19. The number of ether oxygens (including phenoxy) is 1. The van der Waals surface area contributed by atoms with E-state index in [0.29, 0.717) is 6.61 Å². The molecule has 0 aromatic rings. The summed E-state index contributed by atoms with van der Waals surface area (Å²) in [7, 11) is 0. The first-order valence-electron chi connectivity index (χ1n) is 5.15. The van der Waals surface area contributed by atoms with Gasteiger partial charge in [-0.2, -0.15) is 12.6 Å². The van der Waals surface area contributed by atoms with E-state index in [2.05, 4.69) is 12.6 Å². The second-order valence-corrected chi connectivity index (χ2v) is 4.44. The molecule has 0 bridgehead atoms. The Morgan fingerprint density at radius 3 is 2.36 bits per heavy atom. The summed E-state index contributed by atoms with van der Waals surface area (Å²) in [6.45, 7) is 0.0103. The van der Waals surface area contributed by atoms with E-state index in [-0.39, 0.29) is 5.41 Å². The van der Waals surface area contributed by atoms with Crippen molar-refractivity contribution in [2.75, 3.05) is 19.0 Å². The highest BCUT2D eigenvalue weighted by molar-refractivity contribution is 7.80. The van der Waals surface area contributed by atoms with Crippen LogP contribution in [0.1, 0.15) is 32.1 Å². The van der Waals surface area contributed by atoms with Gasteiger partial charge in [0.05, 0.1) is 6.61 Å². The molecule has 1 aliphatic rings. The molecule has 0 atom stereocenters. The minimum Gasteiger partial charge on any atom is -0.375 e. The first-order chi connectivity index (χ1) is 6.68. The van der Waals surface area contributed by atoms with E-state index in [1.807, 2.05) is 0 Å². The number of thiol groups is 1.